The molecule has 1 aromatic heterocycles. The lowest BCUT2D eigenvalue weighted by Crippen LogP contribution is -2.03. The second-order valence-electron chi connectivity index (χ2n) is 6.90. The number of nitrogens with zero attached hydrogens (tertiary/aromatic N) is 5. The van der Waals surface area contributed by atoms with Gasteiger partial charge in [0.15, 0.2) is 5.82 Å². The van der Waals surface area contributed by atoms with Crippen LogP contribution in [0.1, 0.15) is 22.4 Å². The van der Waals surface area contributed by atoms with Gasteiger partial charge in [-0.05, 0) is 48.9 Å². The predicted molar refractivity (Wildman–Crippen MR) is 122 cm³/mol. The highest BCUT2D eigenvalue weighted by atomic mass is 16.6. The van der Waals surface area contributed by atoms with Gasteiger partial charge in [-0.25, -0.2) is 4.98 Å². The molecule has 0 fully saturated rings. The molecule has 1 heterocycles. The molecule has 3 rings (SSSR count). The number of rotatable bonds is 9. The van der Waals surface area contributed by atoms with Crippen LogP contribution in [0.15, 0.2) is 53.6 Å². The highest BCUT2D eigenvalue weighted by Gasteiger charge is 2.21. The molecule has 34 heavy (non-hydrogen) atoms. The Kier molecular flexibility index (Phi) is 7.42. The number of pyridine rings is 1. The van der Waals surface area contributed by atoms with E-state index in [-0.39, 0.29) is 12.4 Å². The first-order valence-corrected chi connectivity index (χ1v) is 9.71. The van der Waals surface area contributed by atoms with E-state index in [1.165, 1.54) is 19.4 Å². The molecule has 0 atom stereocenters. The molecule has 0 bridgehead atoms. The topological polar surface area (TPSA) is 166 Å². The van der Waals surface area contributed by atoms with E-state index in [1.807, 2.05) is 0 Å². The van der Waals surface area contributed by atoms with Gasteiger partial charge in [0.2, 0.25) is 5.75 Å². The number of aryl methyl sites for hydroxylation is 1. The van der Waals surface area contributed by atoms with Gasteiger partial charge in [0.05, 0.1) is 28.7 Å². The van der Waals surface area contributed by atoms with Gasteiger partial charge in [-0.15, -0.1) is 0 Å². The number of hydrogen-bond donors (Lipinski definition) is 1. The van der Waals surface area contributed by atoms with Gasteiger partial charge in [0, 0.05) is 24.4 Å². The smallest absolute Gasteiger partial charge is 0.318 e. The summed E-state index contributed by atoms with van der Waals surface area (Å²) >= 11 is 0. The molecule has 2 aromatic carbocycles. The van der Waals surface area contributed by atoms with Gasteiger partial charge in [-0.3, -0.25) is 25.7 Å². The van der Waals surface area contributed by atoms with Gasteiger partial charge in [-0.1, -0.05) is 0 Å². The zero-order chi connectivity index (χ0) is 24.7. The Morgan fingerprint density at radius 1 is 1.15 bits per heavy atom. The van der Waals surface area contributed by atoms with Crippen molar-refractivity contribution in [3.05, 3.63) is 91.1 Å². The zero-order valence-corrected chi connectivity index (χ0v) is 18.1. The second kappa shape index (κ2) is 10.6. The van der Waals surface area contributed by atoms with Gasteiger partial charge >= 0.3 is 5.69 Å². The lowest BCUT2D eigenvalue weighted by Gasteiger charge is -2.09. The molecule has 12 nitrogen and oxygen atoms in total. The highest BCUT2D eigenvalue weighted by Crippen LogP contribution is 2.34. The number of hydrogen-bond acceptors (Lipinski definition) is 10. The second-order valence-corrected chi connectivity index (χ2v) is 6.90. The number of nitrogens with one attached hydrogen (secondary N) is 1. The van der Waals surface area contributed by atoms with E-state index in [2.05, 4.69) is 21.6 Å². The van der Waals surface area contributed by atoms with Crippen LogP contribution in [-0.4, -0.2) is 28.2 Å². The van der Waals surface area contributed by atoms with E-state index in [4.69, 9.17) is 9.47 Å². The van der Waals surface area contributed by atoms with E-state index >= 15 is 0 Å². The fourth-order valence-electron chi connectivity index (χ4n) is 2.98. The van der Waals surface area contributed by atoms with Crippen LogP contribution >= 0.6 is 0 Å². The summed E-state index contributed by atoms with van der Waals surface area (Å²) in [6.45, 7) is 2.06. The maximum atomic E-state index is 11.2. The van der Waals surface area contributed by atoms with Crippen molar-refractivity contribution in [3.8, 4) is 17.6 Å². The van der Waals surface area contributed by atoms with E-state index in [0.29, 0.717) is 34.0 Å². The summed E-state index contributed by atoms with van der Waals surface area (Å²) in [5.41, 5.74) is 4.23. The van der Waals surface area contributed by atoms with E-state index in [1.54, 1.807) is 37.3 Å². The predicted octanol–water partition coefficient (Wildman–Crippen LogP) is 4.46. The third-order valence-electron chi connectivity index (χ3n) is 4.48. The Labute approximate surface area is 193 Å². The van der Waals surface area contributed by atoms with E-state index in [0.717, 1.165) is 12.1 Å². The number of nitro groups is 2. The molecule has 0 aliphatic rings. The van der Waals surface area contributed by atoms with Crippen LogP contribution in [0.3, 0.4) is 0 Å². The molecule has 3 aromatic rings. The Hall–Kier alpha value is -4.89. The van der Waals surface area contributed by atoms with Crippen molar-refractivity contribution in [2.45, 2.75) is 13.5 Å². The maximum absolute atomic E-state index is 11.2. The molecular weight excluding hydrogens is 444 g/mol. The SMILES string of the molecule is COCc1cc(C)nc(NN=Cc2ccc(Oc3ccc([N+](=O)[O-])cc3[N+](=O)[O-])cc2)c1C#N. The summed E-state index contributed by atoms with van der Waals surface area (Å²) in [7, 11) is 1.54. The molecular formula is C22H18N6O6. The molecule has 0 saturated heterocycles. The van der Waals surface area contributed by atoms with Crippen LogP contribution in [0.4, 0.5) is 17.2 Å². The quantitative estimate of drug-likeness (QED) is 0.274. The van der Waals surface area contributed by atoms with E-state index < -0.39 is 21.2 Å². The molecule has 0 amide bonds. The first-order valence-electron chi connectivity index (χ1n) is 9.71. The average molecular weight is 462 g/mol. The molecule has 0 unspecified atom stereocenters. The lowest BCUT2D eigenvalue weighted by molar-refractivity contribution is -0.394. The molecule has 0 aliphatic carbocycles. The van der Waals surface area contributed by atoms with Crippen molar-refractivity contribution >= 4 is 23.4 Å². The number of non-ortho nitro benzene ring substituents is 1. The van der Waals surface area contributed by atoms with Gasteiger partial charge in [0.1, 0.15) is 17.4 Å². The Balaban J connectivity index is 1.74. The van der Waals surface area contributed by atoms with Crippen molar-refractivity contribution in [3.63, 3.8) is 0 Å². The number of anilines is 1. The first-order chi connectivity index (χ1) is 16.3. The monoisotopic (exact) mass is 462 g/mol. The minimum Gasteiger partial charge on any atom is -0.450 e. The number of nitro benzene ring substituents is 2. The third-order valence-corrected chi connectivity index (χ3v) is 4.48. The Bertz CT molecular complexity index is 1300. The molecule has 0 saturated carbocycles. The van der Waals surface area contributed by atoms with Crippen LogP contribution < -0.4 is 10.2 Å². The first kappa shape index (κ1) is 23.8. The van der Waals surface area contributed by atoms with Crippen molar-refractivity contribution in [1.29, 1.82) is 5.26 Å². The Morgan fingerprint density at radius 3 is 2.50 bits per heavy atom. The normalized spacial score (nSPS) is 10.6. The van der Waals surface area contributed by atoms with Crippen molar-refractivity contribution in [1.82, 2.24) is 4.98 Å². The van der Waals surface area contributed by atoms with E-state index in [9.17, 15) is 25.5 Å². The van der Waals surface area contributed by atoms with Crippen LogP contribution in [0, 0.1) is 38.5 Å². The summed E-state index contributed by atoms with van der Waals surface area (Å²) in [4.78, 5) is 24.9. The molecule has 0 radical (unpaired) electrons. The summed E-state index contributed by atoms with van der Waals surface area (Å²) < 4.78 is 10.7. The summed E-state index contributed by atoms with van der Waals surface area (Å²) in [6.07, 6.45) is 1.50. The number of nitriles is 1. The van der Waals surface area contributed by atoms with Crippen LogP contribution in [0.25, 0.3) is 0 Å². The highest BCUT2D eigenvalue weighted by molar-refractivity contribution is 5.80. The molecule has 0 aliphatic heterocycles. The van der Waals surface area contributed by atoms with Gasteiger partial charge in [0.25, 0.3) is 5.69 Å². The molecule has 12 heteroatoms. The minimum absolute atomic E-state index is 0.125. The van der Waals surface area contributed by atoms with Crippen LogP contribution in [0.5, 0.6) is 11.5 Å². The largest absolute Gasteiger partial charge is 0.450 e. The standard InChI is InChI=1S/C22H18N6O6/c1-14-9-16(13-33-2)19(11-23)22(25-14)26-24-12-15-3-6-18(7-4-15)34-21-8-5-17(27(29)30)10-20(21)28(31)32/h3-10,12H,13H2,1-2H3,(H,25,26). The number of ether oxygens (including phenoxy) is 2. The third kappa shape index (κ3) is 5.67. The lowest BCUT2D eigenvalue weighted by atomic mass is 10.1. The maximum Gasteiger partial charge on any atom is 0.318 e. The molecule has 1 N–H and O–H groups in total. The van der Waals surface area contributed by atoms with Crippen LogP contribution in [0.2, 0.25) is 0 Å². The van der Waals surface area contributed by atoms with Crippen molar-refractivity contribution in [2.24, 2.45) is 5.10 Å². The fraction of sp³-hybridized carbons (Fsp3) is 0.136. The molecule has 0 spiro atoms. The van der Waals surface area contributed by atoms with Crippen molar-refractivity contribution < 1.29 is 19.3 Å². The summed E-state index contributed by atoms with van der Waals surface area (Å²) in [5.74, 6) is 0.467. The fourth-order valence-corrected chi connectivity index (χ4v) is 2.98. The molecule has 172 valence electrons. The van der Waals surface area contributed by atoms with Gasteiger partial charge < -0.3 is 9.47 Å². The van der Waals surface area contributed by atoms with Gasteiger partial charge in [-0.2, -0.15) is 10.4 Å². The number of benzene rings is 2. The summed E-state index contributed by atoms with van der Waals surface area (Å²) in [5, 5.41) is 35.7. The minimum atomic E-state index is -0.748. The average Bonchev–Trinajstić information content (AvgIpc) is 2.80. The van der Waals surface area contributed by atoms with Crippen LogP contribution in [-0.2, 0) is 11.3 Å². The zero-order valence-electron chi connectivity index (χ0n) is 18.1. The number of methoxy groups -OCH3 is 1. The summed E-state index contributed by atoms with van der Waals surface area (Å²) in [6, 6.07) is 13.5. The number of hydrazone groups is 1. The number of aromatic nitrogens is 1. The Morgan fingerprint density at radius 2 is 1.88 bits per heavy atom. The van der Waals surface area contributed by atoms with Crippen molar-refractivity contribution in [2.75, 3.05) is 12.5 Å².